The summed E-state index contributed by atoms with van der Waals surface area (Å²) in [5.74, 6) is -0.467. The van der Waals surface area contributed by atoms with E-state index in [-0.39, 0.29) is 24.8 Å². The van der Waals surface area contributed by atoms with Gasteiger partial charge in [-0.2, -0.15) is 0 Å². The molecular formula is C18H21N3O4S. The first kappa shape index (κ1) is 19.5. The summed E-state index contributed by atoms with van der Waals surface area (Å²) in [7, 11) is -3.34. The van der Waals surface area contributed by atoms with Gasteiger partial charge in [-0.3, -0.25) is 14.3 Å². The van der Waals surface area contributed by atoms with Crippen LogP contribution in [0.4, 0.5) is 11.4 Å². The van der Waals surface area contributed by atoms with Crippen molar-refractivity contribution in [1.29, 1.82) is 0 Å². The van der Waals surface area contributed by atoms with Crippen molar-refractivity contribution in [2.24, 2.45) is 0 Å². The first-order chi connectivity index (χ1) is 12.2. The summed E-state index contributed by atoms with van der Waals surface area (Å²) in [6.07, 6.45) is 1.19. The average molecular weight is 375 g/mol. The lowest BCUT2D eigenvalue weighted by molar-refractivity contribution is -0.116. The van der Waals surface area contributed by atoms with Crippen LogP contribution in [0.25, 0.3) is 0 Å². The van der Waals surface area contributed by atoms with E-state index in [9.17, 15) is 18.0 Å². The molecule has 0 atom stereocenters. The molecule has 0 heterocycles. The molecule has 0 spiro atoms. The van der Waals surface area contributed by atoms with Gasteiger partial charge in [0, 0.05) is 29.9 Å². The van der Waals surface area contributed by atoms with E-state index in [1.165, 1.54) is 0 Å². The van der Waals surface area contributed by atoms with E-state index in [2.05, 4.69) is 15.4 Å². The Labute approximate surface area is 152 Å². The number of carbonyl (C=O) groups is 2. The van der Waals surface area contributed by atoms with E-state index in [4.69, 9.17) is 0 Å². The number of carbonyl (C=O) groups excluding carboxylic acids is 2. The van der Waals surface area contributed by atoms with Crippen molar-refractivity contribution < 1.29 is 18.0 Å². The number of hydrogen-bond donors (Lipinski definition) is 3. The van der Waals surface area contributed by atoms with Gasteiger partial charge >= 0.3 is 0 Å². The van der Waals surface area contributed by atoms with E-state index in [0.29, 0.717) is 16.9 Å². The zero-order valence-corrected chi connectivity index (χ0v) is 15.4. The summed E-state index contributed by atoms with van der Waals surface area (Å²) in [4.78, 5) is 24.0. The maximum atomic E-state index is 12.1. The zero-order chi connectivity index (χ0) is 19.2. The van der Waals surface area contributed by atoms with Crippen LogP contribution in [0.3, 0.4) is 0 Å². The van der Waals surface area contributed by atoms with Crippen LogP contribution in [0.15, 0.2) is 48.5 Å². The van der Waals surface area contributed by atoms with Crippen LogP contribution < -0.4 is 15.4 Å². The van der Waals surface area contributed by atoms with Gasteiger partial charge in [0.25, 0.3) is 5.91 Å². The van der Waals surface area contributed by atoms with Crippen LogP contribution in [-0.2, 0) is 14.8 Å². The van der Waals surface area contributed by atoms with Crippen LogP contribution in [0.2, 0.25) is 0 Å². The SMILES string of the molecule is Cc1ccccc1C(=O)NCCC(=O)Nc1ccc(NS(C)(=O)=O)cc1. The normalized spacial score (nSPS) is 10.8. The number of benzene rings is 2. The summed E-state index contributed by atoms with van der Waals surface area (Å²) >= 11 is 0. The number of aryl methyl sites for hydroxylation is 1. The Morgan fingerprint density at radius 1 is 0.962 bits per heavy atom. The lowest BCUT2D eigenvalue weighted by atomic mass is 10.1. The van der Waals surface area contributed by atoms with Crippen LogP contribution in [0.5, 0.6) is 0 Å². The van der Waals surface area contributed by atoms with Gasteiger partial charge in [0.1, 0.15) is 0 Å². The topological polar surface area (TPSA) is 104 Å². The van der Waals surface area contributed by atoms with Gasteiger partial charge in [-0.25, -0.2) is 8.42 Å². The second kappa shape index (κ2) is 8.48. The molecule has 0 aliphatic heterocycles. The van der Waals surface area contributed by atoms with Gasteiger partial charge in [0.2, 0.25) is 15.9 Å². The summed E-state index contributed by atoms with van der Waals surface area (Å²) in [6.45, 7) is 2.07. The number of hydrogen-bond acceptors (Lipinski definition) is 4. The molecule has 0 unspecified atom stereocenters. The molecule has 2 amide bonds. The van der Waals surface area contributed by atoms with Crippen LogP contribution in [0.1, 0.15) is 22.3 Å². The first-order valence-electron chi connectivity index (χ1n) is 7.96. The summed E-state index contributed by atoms with van der Waals surface area (Å²) < 4.78 is 24.6. The molecule has 0 bridgehead atoms. The standard InChI is InChI=1S/C18H21N3O4S/c1-13-5-3-4-6-16(13)18(23)19-12-11-17(22)20-14-7-9-15(10-8-14)21-26(2,24)25/h3-10,21H,11-12H2,1-2H3,(H,19,23)(H,20,22). The fourth-order valence-corrected chi connectivity index (χ4v) is 2.84. The van der Waals surface area contributed by atoms with Crippen molar-refractivity contribution in [3.63, 3.8) is 0 Å². The molecule has 3 N–H and O–H groups in total. The smallest absolute Gasteiger partial charge is 0.251 e. The largest absolute Gasteiger partial charge is 0.352 e. The molecule has 8 heteroatoms. The Kier molecular flexibility index (Phi) is 6.35. The number of sulfonamides is 1. The van der Waals surface area contributed by atoms with Crippen molar-refractivity contribution in [3.05, 3.63) is 59.7 Å². The lowest BCUT2D eigenvalue weighted by Crippen LogP contribution is -2.28. The highest BCUT2D eigenvalue weighted by molar-refractivity contribution is 7.92. The molecule has 0 aliphatic carbocycles. The van der Waals surface area contributed by atoms with Crippen molar-refractivity contribution in [2.45, 2.75) is 13.3 Å². The predicted molar refractivity (Wildman–Crippen MR) is 102 cm³/mol. The minimum Gasteiger partial charge on any atom is -0.352 e. The molecule has 0 saturated heterocycles. The Hall–Kier alpha value is -2.87. The minimum atomic E-state index is -3.34. The predicted octanol–water partition coefficient (Wildman–Crippen LogP) is 2.13. The molecular weight excluding hydrogens is 354 g/mol. The van der Waals surface area contributed by atoms with Crippen molar-refractivity contribution in [3.8, 4) is 0 Å². The van der Waals surface area contributed by atoms with Gasteiger partial charge in [-0.15, -0.1) is 0 Å². The quantitative estimate of drug-likeness (QED) is 0.689. The maximum Gasteiger partial charge on any atom is 0.251 e. The monoisotopic (exact) mass is 375 g/mol. The zero-order valence-electron chi connectivity index (χ0n) is 14.6. The van der Waals surface area contributed by atoms with Gasteiger partial charge in [0.15, 0.2) is 0 Å². The fraction of sp³-hybridized carbons (Fsp3) is 0.222. The number of rotatable bonds is 7. The highest BCUT2D eigenvalue weighted by atomic mass is 32.2. The molecule has 0 fully saturated rings. The van der Waals surface area contributed by atoms with E-state index in [1.54, 1.807) is 36.4 Å². The molecule has 7 nitrogen and oxygen atoms in total. The van der Waals surface area contributed by atoms with Crippen molar-refractivity contribution in [2.75, 3.05) is 22.8 Å². The average Bonchev–Trinajstić information content (AvgIpc) is 2.55. The number of amides is 2. The second-order valence-electron chi connectivity index (χ2n) is 5.82. The fourth-order valence-electron chi connectivity index (χ4n) is 2.27. The molecule has 2 aromatic rings. The van der Waals surface area contributed by atoms with Crippen LogP contribution in [0, 0.1) is 6.92 Å². The van der Waals surface area contributed by atoms with Crippen LogP contribution in [-0.4, -0.2) is 33.0 Å². The van der Waals surface area contributed by atoms with Crippen molar-refractivity contribution >= 4 is 33.2 Å². The molecule has 2 rings (SSSR count). The first-order valence-corrected chi connectivity index (χ1v) is 9.85. The van der Waals surface area contributed by atoms with Gasteiger partial charge in [-0.05, 0) is 42.8 Å². The minimum absolute atomic E-state index is 0.126. The second-order valence-corrected chi connectivity index (χ2v) is 7.57. The highest BCUT2D eigenvalue weighted by Gasteiger charge is 2.09. The molecule has 0 saturated carbocycles. The maximum absolute atomic E-state index is 12.1. The third kappa shape index (κ3) is 6.21. The van der Waals surface area contributed by atoms with Gasteiger partial charge in [0.05, 0.1) is 6.26 Å². The van der Waals surface area contributed by atoms with Crippen molar-refractivity contribution in [1.82, 2.24) is 5.32 Å². The molecule has 0 radical (unpaired) electrons. The van der Waals surface area contributed by atoms with Gasteiger partial charge < -0.3 is 10.6 Å². The Morgan fingerprint density at radius 3 is 2.19 bits per heavy atom. The molecule has 0 aromatic heterocycles. The third-order valence-electron chi connectivity index (χ3n) is 3.50. The van der Waals surface area contributed by atoms with E-state index < -0.39 is 10.0 Å². The number of anilines is 2. The summed E-state index contributed by atoms with van der Waals surface area (Å²) in [6, 6.07) is 13.5. The van der Waals surface area contributed by atoms with E-state index >= 15 is 0 Å². The Balaban J connectivity index is 1.80. The summed E-state index contributed by atoms with van der Waals surface area (Å²) in [5.41, 5.74) is 2.41. The van der Waals surface area contributed by atoms with Crippen LogP contribution >= 0.6 is 0 Å². The molecule has 26 heavy (non-hydrogen) atoms. The lowest BCUT2D eigenvalue weighted by Gasteiger charge is -2.09. The molecule has 2 aromatic carbocycles. The number of nitrogens with one attached hydrogen (secondary N) is 3. The van der Waals surface area contributed by atoms with E-state index in [1.807, 2.05) is 19.1 Å². The van der Waals surface area contributed by atoms with Gasteiger partial charge in [-0.1, -0.05) is 18.2 Å². The third-order valence-corrected chi connectivity index (χ3v) is 4.11. The summed E-state index contributed by atoms with van der Waals surface area (Å²) in [5, 5.41) is 5.40. The van der Waals surface area contributed by atoms with E-state index in [0.717, 1.165) is 11.8 Å². The highest BCUT2D eigenvalue weighted by Crippen LogP contribution is 2.14. The molecule has 138 valence electrons. The Morgan fingerprint density at radius 2 is 1.58 bits per heavy atom. The molecule has 0 aliphatic rings. The Bertz CT molecular complexity index is 893.